The van der Waals surface area contributed by atoms with E-state index in [1.807, 2.05) is 0 Å². The van der Waals surface area contributed by atoms with Crippen LogP contribution in [0.3, 0.4) is 0 Å². The Morgan fingerprint density at radius 2 is 1.84 bits per heavy atom. The van der Waals surface area contributed by atoms with E-state index in [2.05, 4.69) is 20.1 Å². The molecule has 1 N–H and O–H groups in total. The summed E-state index contributed by atoms with van der Waals surface area (Å²) in [4.78, 5) is 21.4. The lowest BCUT2D eigenvalue weighted by Crippen LogP contribution is -2.44. The van der Waals surface area contributed by atoms with Gasteiger partial charge in [-0.15, -0.1) is 0 Å². The minimum Gasteiger partial charge on any atom is -0.371 e. The Labute approximate surface area is 186 Å². The summed E-state index contributed by atoms with van der Waals surface area (Å²) < 4.78 is 40.2. The van der Waals surface area contributed by atoms with E-state index in [1.54, 1.807) is 18.2 Å². The van der Waals surface area contributed by atoms with Crippen LogP contribution in [0.2, 0.25) is 0 Å². The van der Waals surface area contributed by atoms with Crippen molar-refractivity contribution in [3.8, 4) is 0 Å². The number of anilines is 1. The van der Waals surface area contributed by atoms with Gasteiger partial charge < -0.3 is 15.1 Å². The van der Waals surface area contributed by atoms with E-state index in [9.17, 15) is 18.0 Å². The first-order valence-electron chi connectivity index (χ1n) is 11.6. The number of likely N-dealkylation sites (tertiary alicyclic amines) is 1. The Bertz CT molecular complexity index is 983. The first-order valence-corrected chi connectivity index (χ1v) is 11.6. The van der Waals surface area contributed by atoms with Gasteiger partial charge in [-0.1, -0.05) is 0 Å². The molecule has 2 saturated heterocycles. The molecule has 3 heterocycles. The van der Waals surface area contributed by atoms with Gasteiger partial charge in [-0.3, -0.25) is 9.78 Å². The Balaban J connectivity index is 1.20. The Morgan fingerprint density at radius 3 is 2.56 bits per heavy atom. The van der Waals surface area contributed by atoms with Crippen molar-refractivity contribution in [1.82, 2.24) is 15.2 Å². The second-order valence-corrected chi connectivity index (χ2v) is 9.49. The number of piperidine rings is 1. The van der Waals surface area contributed by atoms with Crippen LogP contribution in [-0.2, 0) is 11.0 Å². The third-order valence-corrected chi connectivity index (χ3v) is 7.09. The van der Waals surface area contributed by atoms with Crippen LogP contribution in [0.15, 0.2) is 30.5 Å². The van der Waals surface area contributed by atoms with Crippen molar-refractivity contribution in [1.29, 1.82) is 0 Å². The Morgan fingerprint density at radius 1 is 1.06 bits per heavy atom. The predicted octanol–water partition coefficient (Wildman–Crippen LogP) is 4.07. The van der Waals surface area contributed by atoms with Crippen molar-refractivity contribution in [3.05, 3.63) is 36.0 Å². The van der Waals surface area contributed by atoms with E-state index in [0.29, 0.717) is 31.3 Å². The predicted molar refractivity (Wildman–Crippen MR) is 117 cm³/mol. The van der Waals surface area contributed by atoms with E-state index in [-0.39, 0.29) is 23.4 Å². The molecule has 0 spiro atoms. The molecule has 0 bridgehead atoms. The van der Waals surface area contributed by atoms with Crippen molar-refractivity contribution < 1.29 is 18.0 Å². The van der Waals surface area contributed by atoms with Gasteiger partial charge in [0.15, 0.2) is 0 Å². The maximum Gasteiger partial charge on any atom is 0.418 e. The van der Waals surface area contributed by atoms with Crippen LogP contribution in [0.25, 0.3) is 10.9 Å². The molecule has 3 aliphatic rings. The van der Waals surface area contributed by atoms with Crippen LogP contribution in [0.4, 0.5) is 18.9 Å². The van der Waals surface area contributed by atoms with Crippen molar-refractivity contribution in [3.63, 3.8) is 0 Å². The summed E-state index contributed by atoms with van der Waals surface area (Å²) in [7, 11) is 0. The molecule has 1 unspecified atom stereocenters. The summed E-state index contributed by atoms with van der Waals surface area (Å²) in [5.41, 5.74) is 0.0271. The van der Waals surface area contributed by atoms with Crippen molar-refractivity contribution in [2.45, 2.75) is 44.3 Å². The van der Waals surface area contributed by atoms with E-state index in [4.69, 9.17) is 0 Å². The molecule has 1 aromatic carbocycles. The zero-order chi connectivity index (χ0) is 22.3. The number of amides is 1. The quantitative estimate of drug-likeness (QED) is 0.752. The normalized spacial score (nSPS) is 23.1. The van der Waals surface area contributed by atoms with Crippen molar-refractivity contribution in [2.75, 3.05) is 37.6 Å². The number of aromatic nitrogens is 1. The molecule has 8 heteroatoms. The first kappa shape index (κ1) is 21.5. The smallest absolute Gasteiger partial charge is 0.371 e. The molecule has 1 aliphatic carbocycles. The number of fused-ring (bicyclic) bond motifs is 1. The molecule has 3 fully saturated rings. The van der Waals surface area contributed by atoms with Gasteiger partial charge in [0.05, 0.1) is 11.1 Å². The van der Waals surface area contributed by atoms with Crippen LogP contribution in [-0.4, -0.2) is 54.6 Å². The van der Waals surface area contributed by atoms with Gasteiger partial charge in [-0.2, -0.15) is 13.2 Å². The molecule has 1 saturated carbocycles. The number of carbonyl (C=O) groups excluding carboxylic acids is 1. The molecule has 2 aromatic rings. The summed E-state index contributed by atoms with van der Waals surface area (Å²) >= 11 is 0. The summed E-state index contributed by atoms with van der Waals surface area (Å²) in [6, 6.07) is 6.26. The number of hydrogen-bond donors (Lipinski definition) is 1. The number of rotatable bonds is 5. The van der Waals surface area contributed by atoms with Gasteiger partial charge in [-0.25, -0.2) is 0 Å². The monoisotopic (exact) mass is 446 g/mol. The lowest BCUT2D eigenvalue weighted by Gasteiger charge is -2.34. The third-order valence-electron chi connectivity index (χ3n) is 7.09. The number of alkyl halides is 3. The third kappa shape index (κ3) is 4.56. The molecule has 32 heavy (non-hydrogen) atoms. The van der Waals surface area contributed by atoms with Crippen LogP contribution < -0.4 is 10.2 Å². The van der Waals surface area contributed by atoms with Gasteiger partial charge in [-0.05, 0) is 62.3 Å². The molecular formula is C24H29F3N4O. The van der Waals surface area contributed by atoms with E-state index < -0.39 is 11.7 Å². The fraction of sp³-hybridized carbons (Fsp3) is 0.583. The van der Waals surface area contributed by atoms with Crippen molar-refractivity contribution in [2.24, 2.45) is 11.8 Å². The standard InChI is InChI=1S/C24H29F3N4O/c25-24(26,27)20-5-6-21(19-2-1-10-28-22(19)20)31-12-7-17(8-13-31)23(32)29-18-9-11-30(15-18)14-16-3-4-16/h1-2,5-6,10,16-18H,3-4,7-9,11-15H2,(H,29,32). The second-order valence-electron chi connectivity index (χ2n) is 9.49. The minimum absolute atomic E-state index is 0.0191. The summed E-state index contributed by atoms with van der Waals surface area (Å²) in [6.45, 7) is 4.47. The Hall–Kier alpha value is -2.35. The topological polar surface area (TPSA) is 48.5 Å². The van der Waals surface area contributed by atoms with Crippen LogP contribution in [0.1, 0.15) is 37.7 Å². The molecule has 0 radical (unpaired) electrons. The summed E-state index contributed by atoms with van der Waals surface area (Å²) in [5.74, 6) is 0.953. The largest absolute Gasteiger partial charge is 0.418 e. The lowest BCUT2D eigenvalue weighted by atomic mass is 9.94. The molecule has 5 nitrogen and oxygen atoms in total. The highest BCUT2D eigenvalue weighted by molar-refractivity contribution is 5.94. The highest BCUT2D eigenvalue weighted by Crippen LogP contribution is 2.38. The van der Waals surface area contributed by atoms with Gasteiger partial charge in [0.25, 0.3) is 0 Å². The second kappa shape index (κ2) is 8.54. The summed E-state index contributed by atoms with van der Waals surface area (Å²) in [5, 5.41) is 3.75. The number of nitrogens with one attached hydrogen (secondary N) is 1. The van der Waals surface area contributed by atoms with E-state index >= 15 is 0 Å². The van der Waals surface area contributed by atoms with Gasteiger partial charge in [0.1, 0.15) is 0 Å². The van der Waals surface area contributed by atoms with Gasteiger partial charge in [0.2, 0.25) is 5.91 Å². The van der Waals surface area contributed by atoms with Crippen molar-refractivity contribution >= 4 is 22.5 Å². The maximum absolute atomic E-state index is 13.4. The molecule has 1 aromatic heterocycles. The molecular weight excluding hydrogens is 417 g/mol. The van der Waals surface area contributed by atoms with E-state index in [0.717, 1.165) is 37.2 Å². The molecule has 172 valence electrons. The number of carbonyl (C=O) groups is 1. The number of benzene rings is 1. The minimum atomic E-state index is -4.44. The van der Waals surface area contributed by atoms with Crippen LogP contribution >= 0.6 is 0 Å². The van der Waals surface area contributed by atoms with Crippen LogP contribution in [0.5, 0.6) is 0 Å². The number of hydrogen-bond acceptors (Lipinski definition) is 4. The number of nitrogens with zero attached hydrogens (tertiary/aromatic N) is 3. The molecule has 1 amide bonds. The zero-order valence-corrected chi connectivity index (χ0v) is 18.1. The number of halogens is 3. The fourth-order valence-corrected chi connectivity index (χ4v) is 5.15. The molecule has 1 atom stereocenters. The number of pyridine rings is 1. The zero-order valence-electron chi connectivity index (χ0n) is 18.1. The molecule has 5 rings (SSSR count). The highest BCUT2D eigenvalue weighted by Gasteiger charge is 2.35. The van der Waals surface area contributed by atoms with Crippen LogP contribution in [0, 0.1) is 11.8 Å². The van der Waals surface area contributed by atoms with Gasteiger partial charge in [0, 0.05) is 62.0 Å². The average molecular weight is 447 g/mol. The Kier molecular flexibility index (Phi) is 5.73. The fourth-order valence-electron chi connectivity index (χ4n) is 5.15. The lowest BCUT2D eigenvalue weighted by molar-refractivity contribution is -0.136. The first-order chi connectivity index (χ1) is 15.4. The SMILES string of the molecule is O=C(NC1CCN(CC2CC2)C1)C1CCN(c2ccc(C(F)(F)F)c3ncccc23)CC1. The summed E-state index contributed by atoms with van der Waals surface area (Å²) in [6.07, 6.45) is 2.06. The van der Waals surface area contributed by atoms with Gasteiger partial charge >= 0.3 is 6.18 Å². The van der Waals surface area contributed by atoms with E-state index in [1.165, 1.54) is 25.6 Å². The maximum atomic E-state index is 13.4. The average Bonchev–Trinajstić information content (AvgIpc) is 3.49. The highest BCUT2D eigenvalue weighted by atomic mass is 19.4. The molecule has 2 aliphatic heterocycles.